The third-order valence-electron chi connectivity index (χ3n) is 1.69. The fourth-order valence-electron chi connectivity index (χ4n) is 1.02. The van der Waals surface area contributed by atoms with Gasteiger partial charge in [0.05, 0.1) is 6.20 Å². The molecule has 2 aromatic rings. The Bertz CT molecular complexity index is 419. The summed E-state index contributed by atoms with van der Waals surface area (Å²) < 4.78 is 3.66. The van der Waals surface area contributed by atoms with Gasteiger partial charge < -0.3 is 0 Å². The van der Waals surface area contributed by atoms with Gasteiger partial charge in [-0.3, -0.25) is 4.79 Å². The maximum absolute atomic E-state index is 11.7. The molecule has 0 saturated carbocycles. The van der Waals surface area contributed by atoms with Gasteiger partial charge in [0, 0.05) is 10.4 Å². The van der Waals surface area contributed by atoms with E-state index < -0.39 is 0 Å². The van der Waals surface area contributed by atoms with E-state index in [4.69, 9.17) is 0 Å². The topological polar surface area (TPSA) is 42.9 Å². The lowest BCUT2D eigenvalue weighted by atomic mass is 10.1. The fraction of sp³-hybridized carbons (Fsp3) is 0.125. The second-order valence-corrected chi connectivity index (χ2v) is 4.41. The summed E-state index contributed by atoms with van der Waals surface area (Å²) in [4.78, 5) is 13.4. The molecule has 66 valence electrons. The molecule has 0 aliphatic carbocycles. The van der Waals surface area contributed by atoms with Crippen molar-refractivity contribution in [2.75, 3.05) is 0 Å². The van der Waals surface area contributed by atoms with Gasteiger partial charge >= 0.3 is 0 Å². The molecule has 0 fully saturated rings. The molecule has 0 amide bonds. The molecule has 0 spiro atoms. The van der Waals surface area contributed by atoms with E-state index in [1.165, 1.54) is 6.20 Å². The van der Waals surface area contributed by atoms with E-state index in [0.717, 1.165) is 22.0 Å². The SMILES string of the molecule is Cc1sccc1C(=O)c1cnns1. The molecule has 2 heterocycles. The van der Waals surface area contributed by atoms with Gasteiger partial charge in [0.15, 0.2) is 0 Å². The number of aromatic nitrogens is 2. The van der Waals surface area contributed by atoms with Crippen molar-refractivity contribution in [1.82, 2.24) is 9.59 Å². The summed E-state index contributed by atoms with van der Waals surface area (Å²) in [5.74, 6) is 0.0220. The van der Waals surface area contributed by atoms with Crippen LogP contribution in [0.25, 0.3) is 0 Å². The maximum Gasteiger partial charge on any atom is 0.207 e. The van der Waals surface area contributed by atoms with E-state index in [1.807, 2.05) is 18.4 Å². The molecule has 0 atom stereocenters. The summed E-state index contributed by atoms with van der Waals surface area (Å²) in [5.41, 5.74) is 0.760. The van der Waals surface area contributed by atoms with Crippen LogP contribution >= 0.6 is 22.9 Å². The standard InChI is InChI=1S/C8H6N2OS2/c1-5-6(2-3-12-5)8(11)7-4-9-10-13-7/h2-4H,1H3. The molecule has 0 aliphatic rings. The van der Waals surface area contributed by atoms with Crippen LogP contribution in [0.2, 0.25) is 0 Å². The molecule has 3 nitrogen and oxygen atoms in total. The van der Waals surface area contributed by atoms with Gasteiger partial charge in [-0.05, 0) is 29.9 Å². The number of rotatable bonds is 2. The third kappa shape index (κ3) is 1.52. The number of hydrogen-bond donors (Lipinski definition) is 0. The average molecular weight is 210 g/mol. The van der Waals surface area contributed by atoms with Crippen LogP contribution in [0.15, 0.2) is 17.6 Å². The lowest BCUT2D eigenvalue weighted by Crippen LogP contribution is -1.97. The molecule has 2 rings (SSSR count). The van der Waals surface area contributed by atoms with Crippen molar-refractivity contribution < 1.29 is 4.79 Å². The largest absolute Gasteiger partial charge is 0.288 e. The summed E-state index contributed by atoms with van der Waals surface area (Å²) in [7, 11) is 0. The van der Waals surface area contributed by atoms with Gasteiger partial charge in [-0.15, -0.1) is 16.4 Å². The molecule has 13 heavy (non-hydrogen) atoms. The molecule has 0 radical (unpaired) electrons. The quantitative estimate of drug-likeness (QED) is 0.713. The van der Waals surface area contributed by atoms with Crippen molar-refractivity contribution in [2.24, 2.45) is 0 Å². The predicted octanol–water partition coefficient (Wildman–Crippen LogP) is 2.14. The summed E-state index contributed by atoms with van der Waals surface area (Å²) in [6.45, 7) is 1.94. The Labute approximate surface area is 83.2 Å². The molecule has 0 N–H and O–H groups in total. The van der Waals surface area contributed by atoms with Crippen LogP contribution in [-0.2, 0) is 0 Å². The van der Waals surface area contributed by atoms with E-state index in [-0.39, 0.29) is 5.78 Å². The van der Waals surface area contributed by atoms with Gasteiger partial charge in [0.2, 0.25) is 5.78 Å². The molecule has 0 bridgehead atoms. The molecule has 5 heteroatoms. The first-order valence-corrected chi connectivity index (χ1v) is 5.30. The molecule has 0 aromatic carbocycles. The fourth-order valence-corrected chi connectivity index (χ4v) is 2.19. The lowest BCUT2D eigenvalue weighted by molar-refractivity contribution is 0.104. The van der Waals surface area contributed by atoms with Crippen molar-refractivity contribution >= 4 is 28.7 Å². The molecular formula is C8H6N2OS2. The molecule has 2 aromatic heterocycles. The second-order valence-electron chi connectivity index (χ2n) is 2.50. The highest BCUT2D eigenvalue weighted by atomic mass is 32.1. The molecule has 0 saturated heterocycles. The van der Waals surface area contributed by atoms with E-state index in [1.54, 1.807) is 11.3 Å². The Hall–Kier alpha value is -1.07. The Balaban J connectivity index is 2.39. The highest BCUT2D eigenvalue weighted by Gasteiger charge is 2.14. The minimum atomic E-state index is 0.0220. The molecular weight excluding hydrogens is 204 g/mol. The van der Waals surface area contributed by atoms with Crippen molar-refractivity contribution in [1.29, 1.82) is 0 Å². The minimum Gasteiger partial charge on any atom is -0.288 e. The minimum absolute atomic E-state index is 0.0220. The van der Waals surface area contributed by atoms with Gasteiger partial charge in [0.1, 0.15) is 4.88 Å². The van der Waals surface area contributed by atoms with Crippen LogP contribution in [0.4, 0.5) is 0 Å². The Kier molecular flexibility index (Phi) is 2.20. The van der Waals surface area contributed by atoms with Crippen LogP contribution < -0.4 is 0 Å². The van der Waals surface area contributed by atoms with Crippen molar-refractivity contribution in [3.8, 4) is 0 Å². The zero-order valence-corrected chi connectivity index (χ0v) is 8.48. The van der Waals surface area contributed by atoms with Crippen molar-refractivity contribution in [2.45, 2.75) is 6.92 Å². The van der Waals surface area contributed by atoms with Gasteiger partial charge in [0.25, 0.3) is 0 Å². The Morgan fingerprint density at radius 3 is 2.92 bits per heavy atom. The van der Waals surface area contributed by atoms with Crippen molar-refractivity contribution in [3.05, 3.63) is 33.0 Å². The van der Waals surface area contributed by atoms with E-state index in [0.29, 0.717) is 4.88 Å². The van der Waals surface area contributed by atoms with Crippen LogP contribution in [0, 0.1) is 6.92 Å². The van der Waals surface area contributed by atoms with Crippen LogP contribution in [-0.4, -0.2) is 15.4 Å². The number of aryl methyl sites for hydroxylation is 1. The number of carbonyl (C=O) groups excluding carboxylic acids is 1. The van der Waals surface area contributed by atoms with Gasteiger partial charge in [-0.25, -0.2) is 0 Å². The van der Waals surface area contributed by atoms with Gasteiger partial charge in [-0.1, -0.05) is 4.49 Å². The molecule has 0 aliphatic heterocycles. The smallest absolute Gasteiger partial charge is 0.207 e. The second kappa shape index (κ2) is 3.35. The zero-order chi connectivity index (χ0) is 9.26. The Morgan fingerprint density at radius 2 is 2.38 bits per heavy atom. The third-order valence-corrected chi connectivity index (χ3v) is 3.20. The van der Waals surface area contributed by atoms with Crippen molar-refractivity contribution in [3.63, 3.8) is 0 Å². The highest BCUT2D eigenvalue weighted by Crippen LogP contribution is 2.19. The number of hydrogen-bond acceptors (Lipinski definition) is 5. The van der Waals surface area contributed by atoms with E-state index >= 15 is 0 Å². The lowest BCUT2D eigenvalue weighted by Gasteiger charge is -1.93. The number of ketones is 1. The first kappa shape index (κ1) is 8.52. The number of thiophene rings is 1. The van der Waals surface area contributed by atoms with Gasteiger partial charge in [-0.2, -0.15) is 0 Å². The normalized spacial score (nSPS) is 10.2. The number of carbonyl (C=O) groups is 1. The first-order valence-electron chi connectivity index (χ1n) is 3.65. The first-order chi connectivity index (χ1) is 6.29. The highest BCUT2D eigenvalue weighted by molar-refractivity contribution is 7.10. The van der Waals surface area contributed by atoms with Crippen LogP contribution in [0.1, 0.15) is 20.1 Å². The Morgan fingerprint density at radius 1 is 1.54 bits per heavy atom. The van der Waals surface area contributed by atoms with Crippen LogP contribution in [0.5, 0.6) is 0 Å². The zero-order valence-electron chi connectivity index (χ0n) is 6.85. The van der Waals surface area contributed by atoms with E-state index in [9.17, 15) is 4.79 Å². The van der Waals surface area contributed by atoms with E-state index in [2.05, 4.69) is 9.59 Å². The summed E-state index contributed by atoms with van der Waals surface area (Å²) in [6.07, 6.45) is 1.50. The molecule has 0 unspecified atom stereocenters. The maximum atomic E-state index is 11.7. The summed E-state index contributed by atoms with van der Waals surface area (Å²) in [5, 5.41) is 5.55. The number of nitrogens with zero attached hydrogens (tertiary/aromatic N) is 2. The summed E-state index contributed by atoms with van der Waals surface area (Å²) >= 11 is 2.70. The van der Waals surface area contributed by atoms with Crippen LogP contribution in [0.3, 0.4) is 0 Å². The average Bonchev–Trinajstić information content (AvgIpc) is 2.72. The summed E-state index contributed by atoms with van der Waals surface area (Å²) in [6, 6.07) is 1.84. The monoisotopic (exact) mass is 210 g/mol. The predicted molar refractivity (Wildman–Crippen MR) is 52.4 cm³/mol.